The number of rotatable bonds is 7. The highest BCUT2D eigenvalue weighted by Crippen LogP contribution is 2.04. The molecule has 18 heavy (non-hydrogen) atoms. The van der Waals surface area contributed by atoms with E-state index in [2.05, 4.69) is 46.9 Å². The molecule has 0 spiro atoms. The molecule has 0 unspecified atom stereocenters. The molecule has 0 fully saturated rings. The predicted molar refractivity (Wildman–Crippen MR) is 74.3 cm³/mol. The Bertz CT molecular complexity index is 448. The molecular weight excluding hydrogens is 222 g/mol. The van der Waals surface area contributed by atoms with Crippen LogP contribution in [0.2, 0.25) is 0 Å². The predicted octanol–water partition coefficient (Wildman–Crippen LogP) is 2.53. The smallest absolute Gasteiger partial charge is 0.0534 e. The van der Waals surface area contributed by atoms with Gasteiger partial charge in [0.2, 0.25) is 0 Å². The van der Waals surface area contributed by atoms with Crippen molar-refractivity contribution in [2.45, 2.75) is 25.8 Å². The topological polar surface area (TPSA) is 29.9 Å². The molecule has 1 aromatic heterocycles. The van der Waals surface area contributed by atoms with Gasteiger partial charge in [-0.15, -0.1) is 0 Å². The number of unbranched alkanes of at least 4 members (excludes halogenated alkanes) is 1. The Labute approximate surface area is 109 Å². The van der Waals surface area contributed by atoms with Crippen LogP contribution in [0.1, 0.15) is 24.0 Å². The Morgan fingerprint density at radius 1 is 1.11 bits per heavy atom. The van der Waals surface area contributed by atoms with Crippen molar-refractivity contribution >= 4 is 0 Å². The molecule has 0 saturated heterocycles. The second-order valence-electron chi connectivity index (χ2n) is 4.64. The van der Waals surface area contributed by atoms with Gasteiger partial charge in [-0.25, -0.2) is 0 Å². The van der Waals surface area contributed by atoms with Gasteiger partial charge < -0.3 is 5.32 Å². The van der Waals surface area contributed by atoms with E-state index in [1.807, 2.05) is 17.9 Å². The molecule has 3 heteroatoms. The third-order valence-corrected chi connectivity index (χ3v) is 3.00. The maximum atomic E-state index is 4.15. The fourth-order valence-corrected chi connectivity index (χ4v) is 2.02. The van der Waals surface area contributed by atoms with E-state index in [0.717, 1.165) is 13.1 Å². The first-order chi connectivity index (χ1) is 8.84. The van der Waals surface area contributed by atoms with Crippen molar-refractivity contribution in [3.05, 3.63) is 53.9 Å². The molecule has 0 atom stereocenters. The summed E-state index contributed by atoms with van der Waals surface area (Å²) >= 11 is 0. The van der Waals surface area contributed by atoms with Gasteiger partial charge in [-0.05, 0) is 31.4 Å². The maximum absolute atomic E-state index is 4.15. The lowest BCUT2D eigenvalue weighted by Gasteiger charge is -2.03. The van der Waals surface area contributed by atoms with Crippen molar-refractivity contribution in [3.63, 3.8) is 0 Å². The zero-order valence-corrected chi connectivity index (χ0v) is 11.0. The van der Waals surface area contributed by atoms with E-state index in [1.165, 1.54) is 30.4 Å². The zero-order chi connectivity index (χ0) is 12.6. The molecule has 0 aliphatic carbocycles. The van der Waals surface area contributed by atoms with Gasteiger partial charge in [0, 0.05) is 25.4 Å². The average molecular weight is 243 g/mol. The molecule has 0 aliphatic rings. The largest absolute Gasteiger partial charge is 0.313 e. The van der Waals surface area contributed by atoms with Crippen LogP contribution in [0.3, 0.4) is 0 Å². The van der Waals surface area contributed by atoms with Crippen molar-refractivity contribution in [2.24, 2.45) is 7.05 Å². The minimum atomic E-state index is 0.916. The summed E-state index contributed by atoms with van der Waals surface area (Å²) in [6, 6.07) is 10.7. The van der Waals surface area contributed by atoms with Crippen LogP contribution in [-0.2, 0) is 20.0 Å². The van der Waals surface area contributed by atoms with E-state index >= 15 is 0 Å². The molecule has 0 radical (unpaired) electrons. The van der Waals surface area contributed by atoms with E-state index < -0.39 is 0 Å². The van der Waals surface area contributed by atoms with Crippen molar-refractivity contribution in [1.29, 1.82) is 0 Å². The monoisotopic (exact) mass is 243 g/mol. The molecule has 0 aliphatic heterocycles. The summed E-state index contributed by atoms with van der Waals surface area (Å²) in [7, 11) is 1.95. The molecule has 2 aromatic rings. The van der Waals surface area contributed by atoms with E-state index in [1.54, 1.807) is 0 Å². The van der Waals surface area contributed by atoms with Gasteiger partial charge >= 0.3 is 0 Å². The zero-order valence-electron chi connectivity index (χ0n) is 11.0. The van der Waals surface area contributed by atoms with Crippen molar-refractivity contribution in [3.8, 4) is 0 Å². The van der Waals surface area contributed by atoms with Gasteiger partial charge in [0.1, 0.15) is 0 Å². The number of hydrogen-bond acceptors (Lipinski definition) is 2. The van der Waals surface area contributed by atoms with Gasteiger partial charge in [-0.1, -0.05) is 30.3 Å². The minimum absolute atomic E-state index is 0.916. The summed E-state index contributed by atoms with van der Waals surface area (Å²) in [4.78, 5) is 0. The van der Waals surface area contributed by atoms with Crippen molar-refractivity contribution in [2.75, 3.05) is 6.54 Å². The number of nitrogens with zero attached hydrogens (tertiary/aromatic N) is 2. The summed E-state index contributed by atoms with van der Waals surface area (Å²) in [5.41, 5.74) is 2.69. The summed E-state index contributed by atoms with van der Waals surface area (Å²) in [6.45, 7) is 1.99. The van der Waals surface area contributed by atoms with E-state index in [0.29, 0.717) is 0 Å². The van der Waals surface area contributed by atoms with Crippen LogP contribution in [0.25, 0.3) is 0 Å². The summed E-state index contributed by atoms with van der Waals surface area (Å²) in [6.07, 6.45) is 7.60. The van der Waals surface area contributed by atoms with Gasteiger partial charge in [-0.3, -0.25) is 4.68 Å². The van der Waals surface area contributed by atoms with Crippen LogP contribution < -0.4 is 5.32 Å². The Balaban J connectivity index is 1.54. The van der Waals surface area contributed by atoms with E-state index in [-0.39, 0.29) is 0 Å². The fraction of sp³-hybridized carbons (Fsp3) is 0.400. The lowest BCUT2D eigenvalue weighted by Crippen LogP contribution is -2.14. The molecule has 1 heterocycles. The second-order valence-corrected chi connectivity index (χ2v) is 4.64. The molecular formula is C15H21N3. The number of aryl methyl sites for hydroxylation is 2. The molecule has 3 nitrogen and oxygen atoms in total. The molecule has 0 saturated carbocycles. The number of nitrogens with one attached hydrogen (secondary N) is 1. The highest BCUT2D eigenvalue weighted by molar-refractivity contribution is 5.14. The summed E-state index contributed by atoms with van der Waals surface area (Å²) in [5.74, 6) is 0. The van der Waals surface area contributed by atoms with Crippen LogP contribution in [-0.4, -0.2) is 16.3 Å². The standard InChI is InChI=1S/C15H21N3/c1-18-13-15(12-17-18)11-16-10-6-5-9-14-7-3-2-4-8-14/h2-4,7-8,12-13,16H,5-6,9-11H2,1H3. The van der Waals surface area contributed by atoms with Gasteiger partial charge in [0.25, 0.3) is 0 Å². The van der Waals surface area contributed by atoms with E-state index in [4.69, 9.17) is 0 Å². The highest BCUT2D eigenvalue weighted by Gasteiger charge is 1.96. The summed E-state index contributed by atoms with van der Waals surface area (Å²) in [5, 5.41) is 7.60. The quantitative estimate of drug-likeness (QED) is 0.757. The van der Waals surface area contributed by atoms with Crippen LogP contribution in [0.15, 0.2) is 42.7 Å². The van der Waals surface area contributed by atoms with Crippen LogP contribution >= 0.6 is 0 Å². The molecule has 1 aromatic carbocycles. The van der Waals surface area contributed by atoms with Crippen LogP contribution in [0, 0.1) is 0 Å². The van der Waals surface area contributed by atoms with Gasteiger partial charge in [0.05, 0.1) is 6.20 Å². The molecule has 0 amide bonds. The second kappa shape index (κ2) is 6.97. The molecule has 2 rings (SSSR count). The first-order valence-electron chi connectivity index (χ1n) is 6.57. The molecule has 0 bridgehead atoms. The van der Waals surface area contributed by atoms with Gasteiger partial charge in [-0.2, -0.15) is 5.10 Å². The fourth-order valence-electron chi connectivity index (χ4n) is 2.02. The number of hydrogen-bond donors (Lipinski definition) is 1. The van der Waals surface area contributed by atoms with E-state index in [9.17, 15) is 0 Å². The third kappa shape index (κ3) is 4.34. The number of aromatic nitrogens is 2. The molecule has 96 valence electrons. The van der Waals surface area contributed by atoms with Crippen molar-refractivity contribution in [1.82, 2.24) is 15.1 Å². The van der Waals surface area contributed by atoms with Crippen LogP contribution in [0.4, 0.5) is 0 Å². The van der Waals surface area contributed by atoms with Crippen molar-refractivity contribution < 1.29 is 0 Å². The average Bonchev–Trinajstić information content (AvgIpc) is 2.81. The first kappa shape index (κ1) is 12.8. The van der Waals surface area contributed by atoms with Gasteiger partial charge in [0.15, 0.2) is 0 Å². The normalized spacial score (nSPS) is 10.7. The Morgan fingerprint density at radius 3 is 2.67 bits per heavy atom. The molecule has 1 N–H and O–H groups in total. The number of benzene rings is 1. The minimum Gasteiger partial charge on any atom is -0.313 e. The third-order valence-electron chi connectivity index (χ3n) is 3.00. The highest BCUT2D eigenvalue weighted by atomic mass is 15.2. The lowest BCUT2D eigenvalue weighted by atomic mass is 10.1. The first-order valence-corrected chi connectivity index (χ1v) is 6.57. The summed E-state index contributed by atoms with van der Waals surface area (Å²) < 4.78 is 1.84. The Hall–Kier alpha value is -1.61. The van der Waals surface area contributed by atoms with Crippen LogP contribution in [0.5, 0.6) is 0 Å². The lowest BCUT2D eigenvalue weighted by molar-refractivity contribution is 0.622. The maximum Gasteiger partial charge on any atom is 0.0534 e. The SMILES string of the molecule is Cn1cc(CNCCCCc2ccccc2)cn1. The Morgan fingerprint density at radius 2 is 1.94 bits per heavy atom. The Kier molecular flexibility index (Phi) is 4.97.